The van der Waals surface area contributed by atoms with E-state index in [1.54, 1.807) is 0 Å². The molecule has 0 radical (unpaired) electrons. The highest BCUT2D eigenvalue weighted by molar-refractivity contribution is 6.31. The summed E-state index contributed by atoms with van der Waals surface area (Å²) in [5.41, 5.74) is 0.962. The lowest BCUT2D eigenvalue weighted by molar-refractivity contribution is -0.121. The van der Waals surface area contributed by atoms with Crippen LogP contribution in [0.15, 0.2) is 36.4 Å². The lowest BCUT2D eigenvalue weighted by atomic mass is 10.1. The molecule has 0 saturated carbocycles. The molecule has 1 N–H and O–H groups in total. The molecule has 1 amide bonds. The fraction of sp³-hybridized carbons (Fsp3) is 0.357. The Labute approximate surface area is 107 Å². The van der Waals surface area contributed by atoms with Gasteiger partial charge in [0.15, 0.2) is 0 Å². The van der Waals surface area contributed by atoms with E-state index in [0.29, 0.717) is 23.9 Å². The van der Waals surface area contributed by atoms with Crippen LogP contribution >= 0.6 is 11.6 Å². The monoisotopic (exact) mass is 249 g/mol. The molecule has 90 valence electrons. The van der Waals surface area contributed by atoms with Gasteiger partial charge >= 0.3 is 0 Å². The molecule has 17 heavy (non-hydrogen) atoms. The van der Waals surface area contributed by atoms with Gasteiger partial charge in [-0.1, -0.05) is 42.0 Å². The first kappa shape index (κ1) is 12.2. The van der Waals surface area contributed by atoms with Crippen molar-refractivity contribution in [2.45, 2.75) is 25.8 Å². The lowest BCUT2D eigenvalue weighted by Gasteiger charge is -2.09. The van der Waals surface area contributed by atoms with Crippen LogP contribution in [0.1, 0.15) is 24.8 Å². The zero-order valence-electron chi connectivity index (χ0n) is 9.66. The summed E-state index contributed by atoms with van der Waals surface area (Å²) in [5.74, 6) is 0.516. The molecule has 1 aliphatic carbocycles. The smallest absolute Gasteiger partial charge is 0.220 e. The second-order valence-corrected chi connectivity index (χ2v) is 4.75. The number of halogens is 1. The van der Waals surface area contributed by atoms with E-state index in [2.05, 4.69) is 17.5 Å². The van der Waals surface area contributed by atoms with Gasteiger partial charge in [-0.2, -0.15) is 0 Å². The molecule has 2 rings (SSSR count). The lowest BCUT2D eigenvalue weighted by Crippen LogP contribution is -2.24. The molecule has 0 bridgehead atoms. The molecule has 3 heteroatoms. The minimum absolute atomic E-state index is 0.0986. The van der Waals surface area contributed by atoms with Gasteiger partial charge in [-0.05, 0) is 30.4 Å². The van der Waals surface area contributed by atoms with E-state index in [-0.39, 0.29) is 5.91 Å². The Morgan fingerprint density at radius 1 is 1.41 bits per heavy atom. The Balaban J connectivity index is 1.80. The Morgan fingerprint density at radius 3 is 2.94 bits per heavy atom. The van der Waals surface area contributed by atoms with Gasteiger partial charge in [0.1, 0.15) is 0 Å². The fourth-order valence-corrected chi connectivity index (χ4v) is 2.21. The molecule has 0 aromatic heterocycles. The highest BCUT2D eigenvalue weighted by atomic mass is 35.5. The number of rotatable bonds is 4. The van der Waals surface area contributed by atoms with Gasteiger partial charge in [0.2, 0.25) is 5.91 Å². The van der Waals surface area contributed by atoms with Crippen molar-refractivity contribution in [1.82, 2.24) is 5.32 Å². The maximum atomic E-state index is 11.7. The Bertz CT molecular complexity index is 428. The van der Waals surface area contributed by atoms with Crippen LogP contribution in [0.3, 0.4) is 0 Å². The molecular formula is C14H16ClNO. The molecule has 2 nitrogen and oxygen atoms in total. The van der Waals surface area contributed by atoms with Crippen molar-refractivity contribution in [3.63, 3.8) is 0 Å². The molecule has 0 saturated heterocycles. The molecule has 0 aliphatic heterocycles. The van der Waals surface area contributed by atoms with Crippen LogP contribution in [0, 0.1) is 5.92 Å². The van der Waals surface area contributed by atoms with Crippen LogP contribution in [0.4, 0.5) is 0 Å². The zero-order valence-corrected chi connectivity index (χ0v) is 10.4. The van der Waals surface area contributed by atoms with Gasteiger partial charge in [0.05, 0.1) is 0 Å². The number of nitrogens with one attached hydrogen (secondary N) is 1. The second kappa shape index (κ2) is 5.87. The van der Waals surface area contributed by atoms with E-state index in [4.69, 9.17) is 11.6 Å². The Morgan fingerprint density at radius 2 is 2.24 bits per heavy atom. The summed E-state index contributed by atoms with van der Waals surface area (Å²) in [7, 11) is 0. The quantitative estimate of drug-likeness (QED) is 0.815. The van der Waals surface area contributed by atoms with Crippen molar-refractivity contribution in [3.8, 4) is 0 Å². The van der Waals surface area contributed by atoms with Crippen molar-refractivity contribution in [2.75, 3.05) is 0 Å². The topological polar surface area (TPSA) is 29.1 Å². The van der Waals surface area contributed by atoms with Crippen LogP contribution in [0.2, 0.25) is 5.02 Å². The average Bonchev–Trinajstić information content (AvgIpc) is 2.81. The molecular weight excluding hydrogens is 234 g/mol. The van der Waals surface area contributed by atoms with E-state index in [0.717, 1.165) is 18.4 Å². The van der Waals surface area contributed by atoms with E-state index in [9.17, 15) is 4.79 Å². The molecule has 1 unspecified atom stereocenters. The average molecular weight is 250 g/mol. The largest absolute Gasteiger partial charge is 0.352 e. The molecule has 1 atom stereocenters. The summed E-state index contributed by atoms with van der Waals surface area (Å²) in [6.45, 7) is 0.509. The van der Waals surface area contributed by atoms with Gasteiger partial charge in [0.25, 0.3) is 0 Å². The third-order valence-corrected chi connectivity index (χ3v) is 3.36. The van der Waals surface area contributed by atoms with Crippen LogP contribution in [-0.2, 0) is 11.3 Å². The van der Waals surface area contributed by atoms with Crippen molar-refractivity contribution in [2.24, 2.45) is 5.92 Å². The first-order chi connectivity index (χ1) is 8.25. The summed E-state index contributed by atoms with van der Waals surface area (Å²) >= 11 is 6.02. The normalized spacial score (nSPS) is 18.3. The van der Waals surface area contributed by atoms with Gasteiger partial charge in [0, 0.05) is 18.0 Å². The minimum atomic E-state index is 0.0986. The van der Waals surface area contributed by atoms with Crippen LogP contribution < -0.4 is 5.32 Å². The highest BCUT2D eigenvalue weighted by Crippen LogP contribution is 2.20. The van der Waals surface area contributed by atoms with Crippen LogP contribution in [0.5, 0.6) is 0 Å². The summed E-state index contributed by atoms with van der Waals surface area (Å²) in [4.78, 5) is 11.7. The summed E-state index contributed by atoms with van der Waals surface area (Å²) in [6, 6.07) is 7.57. The van der Waals surface area contributed by atoms with Gasteiger partial charge in [-0.25, -0.2) is 0 Å². The van der Waals surface area contributed by atoms with Crippen molar-refractivity contribution >= 4 is 17.5 Å². The third-order valence-electron chi connectivity index (χ3n) is 2.99. The van der Waals surface area contributed by atoms with Crippen molar-refractivity contribution in [1.29, 1.82) is 0 Å². The number of hydrogen-bond donors (Lipinski definition) is 1. The number of carbonyl (C=O) groups excluding carboxylic acids is 1. The maximum absolute atomic E-state index is 11.7. The second-order valence-electron chi connectivity index (χ2n) is 4.34. The number of benzene rings is 1. The summed E-state index contributed by atoms with van der Waals surface area (Å²) < 4.78 is 0. The zero-order chi connectivity index (χ0) is 12.1. The molecule has 0 fully saturated rings. The number of allylic oxidation sites excluding steroid dienone is 2. The number of carbonyl (C=O) groups is 1. The first-order valence-electron chi connectivity index (χ1n) is 5.92. The first-order valence-corrected chi connectivity index (χ1v) is 6.30. The van der Waals surface area contributed by atoms with Crippen LogP contribution in [0.25, 0.3) is 0 Å². The minimum Gasteiger partial charge on any atom is -0.352 e. The Hall–Kier alpha value is -1.28. The van der Waals surface area contributed by atoms with E-state index >= 15 is 0 Å². The van der Waals surface area contributed by atoms with Crippen molar-refractivity contribution < 1.29 is 4.79 Å². The highest BCUT2D eigenvalue weighted by Gasteiger charge is 2.13. The SMILES string of the molecule is O=C(CC1C=CCC1)NCc1ccccc1Cl. The van der Waals surface area contributed by atoms with Gasteiger partial charge < -0.3 is 5.32 Å². The standard InChI is InChI=1S/C14H16ClNO/c15-13-8-4-3-7-12(13)10-16-14(17)9-11-5-1-2-6-11/h1,3-5,7-8,11H,2,6,9-10H2,(H,16,17). The third kappa shape index (κ3) is 3.60. The number of amides is 1. The molecule has 1 aromatic rings. The maximum Gasteiger partial charge on any atom is 0.220 e. The Kier molecular flexibility index (Phi) is 4.21. The van der Waals surface area contributed by atoms with E-state index in [1.165, 1.54) is 0 Å². The predicted molar refractivity (Wildman–Crippen MR) is 69.8 cm³/mol. The summed E-state index contributed by atoms with van der Waals surface area (Å²) in [5, 5.41) is 3.61. The molecule has 1 aliphatic rings. The van der Waals surface area contributed by atoms with E-state index in [1.807, 2.05) is 24.3 Å². The van der Waals surface area contributed by atoms with Gasteiger partial charge in [-0.3, -0.25) is 4.79 Å². The number of hydrogen-bond acceptors (Lipinski definition) is 1. The van der Waals surface area contributed by atoms with E-state index < -0.39 is 0 Å². The fourth-order valence-electron chi connectivity index (χ4n) is 2.01. The molecule has 0 spiro atoms. The van der Waals surface area contributed by atoms with Crippen molar-refractivity contribution in [3.05, 3.63) is 47.0 Å². The molecule has 1 aromatic carbocycles. The van der Waals surface area contributed by atoms with Gasteiger partial charge in [-0.15, -0.1) is 0 Å². The molecule has 0 heterocycles. The predicted octanol–water partition coefficient (Wildman–Crippen LogP) is 3.31. The summed E-state index contributed by atoms with van der Waals surface area (Å²) in [6.07, 6.45) is 7.06. The van der Waals surface area contributed by atoms with Crippen LogP contribution in [-0.4, -0.2) is 5.91 Å².